The number of fused-ring (bicyclic) bond motifs is 1. The summed E-state index contributed by atoms with van der Waals surface area (Å²) in [6.07, 6.45) is 1.20. The first-order valence-electron chi connectivity index (χ1n) is 5.40. The Hall–Kier alpha value is -2.41. The van der Waals surface area contributed by atoms with Gasteiger partial charge in [0, 0.05) is 17.8 Å². The number of nitrogens with zero attached hydrogens (tertiary/aromatic N) is 2. The number of ether oxygens (including phenoxy) is 1. The van der Waals surface area contributed by atoms with E-state index in [4.69, 9.17) is 26.6 Å². The van der Waals surface area contributed by atoms with Crippen LogP contribution in [0.3, 0.4) is 0 Å². The van der Waals surface area contributed by atoms with Gasteiger partial charge in [0.2, 0.25) is 5.88 Å². The molecule has 0 aliphatic rings. The number of halogens is 1. The molecule has 0 aromatic carbocycles. The van der Waals surface area contributed by atoms with Gasteiger partial charge in [-0.2, -0.15) is 0 Å². The standard InChI is InChI=1S/C12H9ClN2O5/c1-20-7-3-2-6-10(15-7)8(5(13)4-14-6)9(11(16)17)12(18)19/h2-4,9H,1H3,(H,16,17)(H,18,19). The number of hydrogen-bond acceptors (Lipinski definition) is 5. The molecule has 2 aromatic rings. The van der Waals surface area contributed by atoms with Crippen molar-refractivity contribution in [3.05, 3.63) is 28.9 Å². The molecule has 0 fully saturated rings. The van der Waals surface area contributed by atoms with Crippen molar-refractivity contribution in [2.45, 2.75) is 5.92 Å². The second kappa shape index (κ2) is 5.30. The van der Waals surface area contributed by atoms with Crippen molar-refractivity contribution < 1.29 is 24.5 Å². The molecule has 0 spiro atoms. The number of aromatic nitrogens is 2. The lowest BCUT2D eigenvalue weighted by Crippen LogP contribution is -2.22. The van der Waals surface area contributed by atoms with Crippen LogP contribution in [0.25, 0.3) is 11.0 Å². The van der Waals surface area contributed by atoms with Crippen molar-refractivity contribution in [3.8, 4) is 5.88 Å². The minimum Gasteiger partial charge on any atom is -0.481 e. The van der Waals surface area contributed by atoms with Gasteiger partial charge >= 0.3 is 11.9 Å². The van der Waals surface area contributed by atoms with Crippen molar-refractivity contribution in [1.82, 2.24) is 9.97 Å². The summed E-state index contributed by atoms with van der Waals surface area (Å²) in [5.74, 6) is -4.68. The van der Waals surface area contributed by atoms with Gasteiger partial charge in [-0.05, 0) is 6.07 Å². The molecule has 0 bridgehead atoms. The Balaban J connectivity index is 2.81. The minimum absolute atomic E-state index is 0.0759. The fourth-order valence-corrected chi connectivity index (χ4v) is 2.03. The van der Waals surface area contributed by atoms with Crippen LogP contribution in [0.5, 0.6) is 5.88 Å². The normalized spacial score (nSPS) is 10.8. The SMILES string of the molecule is COc1ccc2ncc(Cl)c(C(C(=O)O)C(=O)O)c2n1. The first-order valence-corrected chi connectivity index (χ1v) is 5.78. The number of pyridine rings is 2. The highest BCUT2D eigenvalue weighted by Crippen LogP contribution is 2.31. The van der Waals surface area contributed by atoms with Gasteiger partial charge in [0.25, 0.3) is 0 Å². The van der Waals surface area contributed by atoms with E-state index in [9.17, 15) is 9.59 Å². The van der Waals surface area contributed by atoms with Crippen LogP contribution in [0.1, 0.15) is 11.5 Å². The van der Waals surface area contributed by atoms with Crippen molar-refractivity contribution in [1.29, 1.82) is 0 Å². The molecule has 0 aliphatic carbocycles. The van der Waals surface area contributed by atoms with Crippen LogP contribution in [0.2, 0.25) is 5.02 Å². The summed E-state index contributed by atoms with van der Waals surface area (Å²) in [4.78, 5) is 30.4. The Morgan fingerprint density at radius 3 is 2.50 bits per heavy atom. The third kappa shape index (κ3) is 2.35. The number of carboxylic acid groups (broad SMARTS) is 2. The van der Waals surface area contributed by atoms with Crippen LogP contribution >= 0.6 is 11.6 Å². The summed E-state index contributed by atoms with van der Waals surface area (Å²) in [6, 6.07) is 3.07. The lowest BCUT2D eigenvalue weighted by atomic mass is 9.98. The number of carbonyl (C=O) groups is 2. The molecule has 2 rings (SSSR count). The van der Waals surface area contributed by atoms with E-state index in [2.05, 4.69) is 9.97 Å². The molecule has 0 radical (unpaired) electrons. The van der Waals surface area contributed by atoms with Crippen LogP contribution in [0.4, 0.5) is 0 Å². The topological polar surface area (TPSA) is 110 Å². The van der Waals surface area contributed by atoms with Gasteiger partial charge in [-0.15, -0.1) is 0 Å². The Morgan fingerprint density at radius 2 is 1.95 bits per heavy atom. The number of rotatable bonds is 4. The summed E-state index contributed by atoms with van der Waals surface area (Å²) >= 11 is 5.91. The van der Waals surface area contributed by atoms with E-state index in [-0.39, 0.29) is 22.0 Å². The zero-order valence-electron chi connectivity index (χ0n) is 10.2. The molecular weight excluding hydrogens is 288 g/mol. The monoisotopic (exact) mass is 296 g/mol. The maximum Gasteiger partial charge on any atom is 0.322 e. The average Bonchev–Trinajstić information content (AvgIpc) is 2.40. The first kappa shape index (κ1) is 14.0. The smallest absolute Gasteiger partial charge is 0.322 e. The molecular formula is C12H9ClN2O5. The Bertz CT molecular complexity index is 690. The predicted molar refractivity (Wildman–Crippen MR) is 69.1 cm³/mol. The van der Waals surface area contributed by atoms with Crippen LogP contribution in [0, 0.1) is 0 Å². The van der Waals surface area contributed by atoms with Gasteiger partial charge in [-0.1, -0.05) is 11.6 Å². The van der Waals surface area contributed by atoms with E-state index in [0.717, 1.165) is 0 Å². The van der Waals surface area contributed by atoms with Gasteiger partial charge in [-0.3, -0.25) is 14.6 Å². The van der Waals surface area contributed by atoms with E-state index in [1.807, 2.05) is 0 Å². The molecule has 0 saturated heterocycles. The highest BCUT2D eigenvalue weighted by molar-refractivity contribution is 6.33. The molecule has 0 saturated carbocycles. The first-order chi connectivity index (χ1) is 9.45. The average molecular weight is 297 g/mol. The largest absolute Gasteiger partial charge is 0.481 e. The Labute approximate surface area is 117 Å². The molecule has 20 heavy (non-hydrogen) atoms. The van der Waals surface area contributed by atoms with Gasteiger partial charge in [0.15, 0.2) is 5.92 Å². The third-order valence-electron chi connectivity index (χ3n) is 2.67. The molecule has 2 heterocycles. The van der Waals surface area contributed by atoms with Gasteiger partial charge in [-0.25, -0.2) is 4.98 Å². The molecule has 0 atom stereocenters. The highest BCUT2D eigenvalue weighted by atomic mass is 35.5. The molecule has 0 aliphatic heterocycles. The van der Waals surface area contributed by atoms with E-state index in [1.165, 1.54) is 19.4 Å². The Morgan fingerprint density at radius 1 is 1.30 bits per heavy atom. The van der Waals surface area contributed by atoms with E-state index in [1.54, 1.807) is 6.07 Å². The molecule has 8 heteroatoms. The lowest BCUT2D eigenvalue weighted by molar-refractivity contribution is -0.149. The maximum absolute atomic E-state index is 11.2. The van der Waals surface area contributed by atoms with Crippen molar-refractivity contribution in [2.75, 3.05) is 7.11 Å². The second-order valence-electron chi connectivity index (χ2n) is 3.85. The molecule has 7 nitrogen and oxygen atoms in total. The summed E-state index contributed by atoms with van der Waals surface area (Å²) in [5.41, 5.74) is 0.305. The van der Waals surface area contributed by atoms with Gasteiger partial charge < -0.3 is 14.9 Å². The third-order valence-corrected chi connectivity index (χ3v) is 2.97. The summed E-state index contributed by atoms with van der Waals surface area (Å²) in [7, 11) is 1.39. The van der Waals surface area contributed by atoms with Crippen LogP contribution in [0.15, 0.2) is 18.3 Å². The number of methoxy groups -OCH3 is 1. The van der Waals surface area contributed by atoms with E-state index >= 15 is 0 Å². The highest BCUT2D eigenvalue weighted by Gasteiger charge is 2.32. The van der Waals surface area contributed by atoms with Crippen LogP contribution < -0.4 is 4.74 Å². The molecule has 2 aromatic heterocycles. The van der Waals surface area contributed by atoms with E-state index in [0.29, 0.717) is 5.52 Å². The van der Waals surface area contributed by atoms with Gasteiger partial charge in [0.05, 0.1) is 23.2 Å². The van der Waals surface area contributed by atoms with Crippen molar-refractivity contribution in [3.63, 3.8) is 0 Å². The van der Waals surface area contributed by atoms with Crippen molar-refractivity contribution in [2.24, 2.45) is 0 Å². The predicted octanol–water partition coefficient (Wildman–Crippen LogP) is 1.54. The number of hydrogen-bond donors (Lipinski definition) is 2. The molecule has 2 N–H and O–H groups in total. The quantitative estimate of drug-likeness (QED) is 0.823. The maximum atomic E-state index is 11.2. The fourth-order valence-electron chi connectivity index (χ4n) is 1.79. The zero-order chi connectivity index (χ0) is 14.9. The van der Waals surface area contributed by atoms with Crippen molar-refractivity contribution >= 4 is 34.6 Å². The summed E-state index contributed by atoms with van der Waals surface area (Å²) in [6.45, 7) is 0. The van der Waals surface area contributed by atoms with E-state index < -0.39 is 17.9 Å². The fraction of sp³-hybridized carbons (Fsp3) is 0.167. The lowest BCUT2D eigenvalue weighted by Gasteiger charge is -2.12. The van der Waals surface area contributed by atoms with Crippen LogP contribution in [-0.2, 0) is 9.59 Å². The number of aliphatic carboxylic acids is 2. The number of carboxylic acids is 2. The van der Waals surface area contributed by atoms with Crippen LogP contribution in [-0.4, -0.2) is 39.2 Å². The Kier molecular flexibility index (Phi) is 3.71. The minimum atomic E-state index is -1.83. The molecule has 0 amide bonds. The molecule has 104 valence electrons. The summed E-state index contributed by atoms with van der Waals surface area (Å²) in [5, 5.41) is 18.1. The zero-order valence-corrected chi connectivity index (χ0v) is 11.0. The van der Waals surface area contributed by atoms with Gasteiger partial charge in [0.1, 0.15) is 0 Å². The second-order valence-corrected chi connectivity index (χ2v) is 4.26. The molecule has 0 unspecified atom stereocenters. The summed E-state index contributed by atoms with van der Waals surface area (Å²) < 4.78 is 4.94.